The van der Waals surface area contributed by atoms with Gasteiger partial charge >= 0.3 is 0 Å². The third-order valence-corrected chi connectivity index (χ3v) is 5.39. The number of nitrogens with zero attached hydrogens (tertiary/aromatic N) is 3. The number of amides is 1. The number of ether oxygens (including phenoxy) is 1. The molecule has 3 aromatic rings. The van der Waals surface area contributed by atoms with E-state index in [1.807, 2.05) is 48.1 Å². The average Bonchev–Trinajstić information content (AvgIpc) is 3.17. The molecule has 0 fully saturated rings. The van der Waals surface area contributed by atoms with Gasteiger partial charge in [0.1, 0.15) is 29.2 Å². The monoisotopic (exact) mass is 419 g/mol. The van der Waals surface area contributed by atoms with Crippen LogP contribution in [0.5, 0.6) is 5.75 Å². The summed E-state index contributed by atoms with van der Waals surface area (Å²) in [5.74, 6) is 1.28. The van der Waals surface area contributed by atoms with Crippen molar-refractivity contribution in [3.05, 3.63) is 80.8 Å². The van der Waals surface area contributed by atoms with Crippen LogP contribution in [0.4, 0.5) is 0 Å². The molecule has 0 radical (unpaired) electrons. The highest BCUT2D eigenvalue weighted by Crippen LogP contribution is 2.23. The van der Waals surface area contributed by atoms with Crippen LogP contribution in [0.2, 0.25) is 0 Å². The van der Waals surface area contributed by atoms with Gasteiger partial charge in [-0.05, 0) is 49.1 Å². The number of H-pyrrole nitrogens is 1. The van der Waals surface area contributed by atoms with E-state index in [4.69, 9.17) is 4.74 Å². The molecule has 1 atom stereocenters. The molecule has 2 aromatic heterocycles. The van der Waals surface area contributed by atoms with Crippen LogP contribution in [0.25, 0.3) is 0 Å². The summed E-state index contributed by atoms with van der Waals surface area (Å²) in [6.07, 6.45) is 4.13. The van der Waals surface area contributed by atoms with Gasteiger partial charge in [0.15, 0.2) is 0 Å². The topological polar surface area (TPSA) is 113 Å². The van der Waals surface area contributed by atoms with Gasteiger partial charge in [-0.2, -0.15) is 5.26 Å². The summed E-state index contributed by atoms with van der Waals surface area (Å²) in [5.41, 5.74) is 2.67. The molecule has 0 unspecified atom stereocenters. The summed E-state index contributed by atoms with van der Waals surface area (Å²) in [6.45, 7) is 3.51. The van der Waals surface area contributed by atoms with Crippen LogP contribution in [-0.2, 0) is 18.3 Å². The van der Waals surface area contributed by atoms with Crippen molar-refractivity contribution in [3.63, 3.8) is 0 Å². The molecular weight excluding hydrogens is 394 g/mol. The molecule has 0 aliphatic carbocycles. The predicted molar refractivity (Wildman–Crippen MR) is 116 cm³/mol. The molecule has 0 saturated carbocycles. The summed E-state index contributed by atoms with van der Waals surface area (Å²) >= 11 is 0. The zero-order valence-corrected chi connectivity index (χ0v) is 18.0. The Bertz CT molecular complexity index is 1190. The first-order valence-corrected chi connectivity index (χ1v) is 9.88. The van der Waals surface area contributed by atoms with Gasteiger partial charge in [-0.3, -0.25) is 9.59 Å². The normalized spacial score (nSPS) is 11.6. The lowest BCUT2D eigenvalue weighted by Gasteiger charge is -2.20. The van der Waals surface area contributed by atoms with E-state index in [1.165, 1.54) is 0 Å². The van der Waals surface area contributed by atoms with E-state index >= 15 is 0 Å². The molecule has 0 aliphatic heterocycles. The highest BCUT2D eigenvalue weighted by molar-refractivity contribution is 5.77. The summed E-state index contributed by atoms with van der Waals surface area (Å²) in [5, 5.41) is 12.3. The van der Waals surface area contributed by atoms with E-state index in [-0.39, 0.29) is 17.9 Å². The van der Waals surface area contributed by atoms with E-state index < -0.39 is 11.6 Å². The van der Waals surface area contributed by atoms with Gasteiger partial charge in [0.05, 0.1) is 7.11 Å². The Kier molecular flexibility index (Phi) is 6.55. The number of hydrogen-bond donors (Lipinski definition) is 2. The number of pyridine rings is 1. The maximum Gasteiger partial charge on any atom is 0.266 e. The number of carbonyl (C=O) groups excluding carboxylic acids is 1. The maximum atomic E-state index is 12.9. The molecule has 0 saturated heterocycles. The largest absolute Gasteiger partial charge is 0.497 e. The number of methoxy groups -OCH3 is 1. The smallest absolute Gasteiger partial charge is 0.266 e. The number of aryl methyl sites for hydroxylation is 2. The number of imidazole rings is 1. The van der Waals surface area contributed by atoms with Crippen LogP contribution in [0, 0.1) is 25.2 Å². The van der Waals surface area contributed by atoms with Crippen LogP contribution in [0.1, 0.15) is 46.2 Å². The van der Waals surface area contributed by atoms with Crippen molar-refractivity contribution in [2.75, 3.05) is 7.11 Å². The van der Waals surface area contributed by atoms with Gasteiger partial charge in [-0.15, -0.1) is 0 Å². The van der Waals surface area contributed by atoms with Gasteiger partial charge in [-0.1, -0.05) is 12.1 Å². The van der Waals surface area contributed by atoms with Gasteiger partial charge in [0, 0.05) is 31.6 Å². The lowest BCUT2D eigenvalue weighted by Crippen LogP contribution is -2.31. The molecular formula is C23H25N5O3. The van der Waals surface area contributed by atoms with Crippen LogP contribution in [0.15, 0.2) is 41.5 Å². The summed E-state index contributed by atoms with van der Waals surface area (Å²) < 4.78 is 7.09. The average molecular weight is 419 g/mol. The summed E-state index contributed by atoms with van der Waals surface area (Å²) in [4.78, 5) is 31.9. The van der Waals surface area contributed by atoms with Crippen molar-refractivity contribution >= 4 is 5.91 Å². The van der Waals surface area contributed by atoms with E-state index in [9.17, 15) is 14.9 Å². The highest BCUT2D eigenvalue weighted by Gasteiger charge is 2.21. The molecule has 1 aromatic carbocycles. The quantitative estimate of drug-likeness (QED) is 0.611. The first-order chi connectivity index (χ1) is 14.8. The van der Waals surface area contributed by atoms with Crippen LogP contribution in [-0.4, -0.2) is 27.6 Å². The van der Waals surface area contributed by atoms with Crippen molar-refractivity contribution in [1.29, 1.82) is 5.26 Å². The zero-order valence-electron chi connectivity index (χ0n) is 18.0. The Balaban J connectivity index is 1.81. The number of aromatic nitrogens is 3. The molecule has 0 aliphatic rings. The number of rotatable bonds is 7. The van der Waals surface area contributed by atoms with Crippen molar-refractivity contribution in [2.24, 2.45) is 7.05 Å². The third-order valence-electron chi connectivity index (χ3n) is 5.39. The number of benzene rings is 1. The van der Waals surface area contributed by atoms with E-state index in [0.717, 1.165) is 16.9 Å². The van der Waals surface area contributed by atoms with Crippen LogP contribution < -0.4 is 15.6 Å². The second kappa shape index (κ2) is 9.30. The van der Waals surface area contributed by atoms with Crippen LogP contribution >= 0.6 is 0 Å². The molecule has 0 spiro atoms. The molecule has 2 N–H and O–H groups in total. The van der Waals surface area contributed by atoms with Gasteiger partial charge < -0.3 is 19.6 Å². The van der Waals surface area contributed by atoms with Crippen LogP contribution in [0.3, 0.4) is 0 Å². The van der Waals surface area contributed by atoms with E-state index in [1.54, 1.807) is 27.2 Å². The Morgan fingerprint density at radius 2 is 2.03 bits per heavy atom. The fraction of sp³-hybridized carbons (Fsp3) is 0.304. The number of hydrogen-bond acceptors (Lipinski definition) is 5. The minimum Gasteiger partial charge on any atom is -0.497 e. The van der Waals surface area contributed by atoms with Gasteiger partial charge in [0.2, 0.25) is 5.91 Å². The number of nitrogens with one attached hydrogen (secondary N) is 2. The predicted octanol–water partition coefficient (Wildman–Crippen LogP) is 2.44. The molecule has 2 heterocycles. The first kappa shape index (κ1) is 21.8. The second-order valence-electron chi connectivity index (χ2n) is 7.34. The number of nitriles is 1. The summed E-state index contributed by atoms with van der Waals surface area (Å²) in [7, 11) is 3.48. The SMILES string of the molecule is COc1ccc([C@@H](NC(=O)CCc2c(C)[nH]c(=O)c(C#N)c2C)c2nccn2C)cc1. The fourth-order valence-corrected chi connectivity index (χ4v) is 3.64. The maximum absolute atomic E-state index is 12.9. The molecule has 1 amide bonds. The standard InChI is InChI=1S/C23H25N5O3/c1-14-18(15(2)26-23(30)19(14)13-24)9-10-20(29)27-21(22-25-11-12-28(22)3)16-5-7-17(31-4)8-6-16/h5-8,11-12,21H,9-10H2,1-4H3,(H,26,30)(H,27,29)/t21-/m1/s1. The van der Waals surface area contributed by atoms with Gasteiger partial charge in [0.25, 0.3) is 5.56 Å². The van der Waals surface area contributed by atoms with E-state index in [2.05, 4.69) is 15.3 Å². The molecule has 8 heteroatoms. The Morgan fingerprint density at radius 3 is 2.61 bits per heavy atom. The number of carbonyl (C=O) groups is 1. The van der Waals surface area contributed by atoms with Crippen molar-refractivity contribution in [2.45, 2.75) is 32.7 Å². The molecule has 3 rings (SSSR count). The summed E-state index contributed by atoms with van der Waals surface area (Å²) in [6, 6.07) is 8.99. The molecule has 8 nitrogen and oxygen atoms in total. The lowest BCUT2D eigenvalue weighted by molar-refractivity contribution is -0.121. The lowest BCUT2D eigenvalue weighted by atomic mass is 9.98. The Hall–Kier alpha value is -3.86. The zero-order chi connectivity index (χ0) is 22.5. The highest BCUT2D eigenvalue weighted by atomic mass is 16.5. The fourth-order valence-electron chi connectivity index (χ4n) is 3.64. The molecule has 0 bridgehead atoms. The minimum absolute atomic E-state index is 0.0881. The van der Waals surface area contributed by atoms with Gasteiger partial charge in [-0.25, -0.2) is 4.98 Å². The second-order valence-corrected chi connectivity index (χ2v) is 7.34. The first-order valence-electron chi connectivity index (χ1n) is 9.88. The Morgan fingerprint density at radius 1 is 1.32 bits per heavy atom. The Labute approximate surface area is 180 Å². The van der Waals surface area contributed by atoms with Crippen molar-refractivity contribution < 1.29 is 9.53 Å². The molecule has 160 valence electrons. The molecule has 31 heavy (non-hydrogen) atoms. The number of aromatic amines is 1. The third kappa shape index (κ3) is 4.67. The van der Waals surface area contributed by atoms with Crippen molar-refractivity contribution in [1.82, 2.24) is 19.9 Å². The van der Waals surface area contributed by atoms with E-state index in [0.29, 0.717) is 23.5 Å². The minimum atomic E-state index is -0.425. The van der Waals surface area contributed by atoms with Crippen molar-refractivity contribution in [3.8, 4) is 11.8 Å².